The molecule has 1 heterocycles. The number of benzene rings is 1. The lowest BCUT2D eigenvalue weighted by molar-refractivity contribution is -0.116. The van der Waals surface area contributed by atoms with Crippen LogP contribution in [0.15, 0.2) is 23.1 Å². The second-order valence-corrected chi connectivity index (χ2v) is 9.37. The number of anilines is 1. The van der Waals surface area contributed by atoms with Gasteiger partial charge in [-0.1, -0.05) is 6.07 Å². The van der Waals surface area contributed by atoms with Gasteiger partial charge < -0.3 is 10.6 Å². The fraction of sp³-hybridized carbons (Fsp3) is 0.632. The summed E-state index contributed by atoms with van der Waals surface area (Å²) in [5.74, 6) is 0.535. The van der Waals surface area contributed by atoms with Crippen LogP contribution in [0, 0.1) is 12.8 Å². The van der Waals surface area contributed by atoms with Crippen LogP contribution in [0.4, 0.5) is 5.69 Å². The van der Waals surface area contributed by atoms with Gasteiger partial charge in [0.05, 0.1) is 4.90 Å². The van der Waals surface area contributed by atoms with Crippen molar-refractivity contribution in [2.24, 2.45) is 5.92 Å². The lowest BCUT2D eigenvalue weighted by atomic mass is 9.93. The number of carbonyl (C=O) groups excluding carboxylic acids is 1. The number of halogens is 1. The largest absolute Gasteiger partial charge is 0.326 e. The van der Waals surface area contributed by atoms with Gasteiger partial charge in [-0.2, -0.15) is 4.31 Å². The minimum absolute atomic E-state index is 0. The number of nitrogens with one attached hydrogen (secondary N) is 2. The van der Waals surface area contributed by atoms with Gasteiger partial charge in [0.15, 0.2) is 0 Å². The Labute approximate surface area is 169 Å². The molecule has 0 aromatic heterocycles. The smallest absolute Gasteiger partial charge is 0.243 e. The van der Waals surface area contributed by atoms with E-state index in [9.17, 15) is 13.2 Å². The Hall–Kier alpha value is -1.15. The molecule has 1 aromatic carbocycles. The number of rotatable bonds is 7. The highest BCUT2D eigenvalue weighted by Crippen LogP contribution is 2.24. The van der Waals surface area contributed by atoms with Crippen molar-refractivity contribution < 1.29 is 13.2 Å². The number of piperidine rings is 1. The summed E-state index contributed by atoms with van der Waals surface area (Å²) in [5, 5.41) is 6.22. The minimum Gasteiger partial charge on any atom is -0.326 e. The van der Waals surface area contributed by atoms with Crippen molar-refractivity contribution >= 4 is 34.0 Å². The van der Waals surface area contributed by atoms with E-state index in [-0.39, 0.29) is 29.3 Å². The first-order chi connectivity index (χ1) is 12.2. The Morgan fingerprint density at radius 1 is 1.30 bits per heavy atom. The van der Waals surface area contributed by atoms with Crippen molar-refractivity contribution in [2.45, 2.75) is 57.4 Å². The number of hydrogen-bond acceptors (Lipinski definition) is 4. The van der Waals surface area contributed by atoms with Crippen LogP contribution < -0.4 is 10.6 Å². The zero-order valence-corrected chi connectivity index (χ0v) is 18.3. The minimum atomic E-state index is -3.57. The van der Waals surface area contributed by atoms with Crippen molar-refractivity contribution in [3.05, 3.63) is 23.8 Å². The maximum absolute atomic E-state index is 12.7. The Balaban J connectivity index is 0.00000364. The fourth-order valence-corrected chi connectivity index (χ4v) is 4.45. The van der Waals surface area contributed by atoms with Gasteiger partial charge in [0.25, 0.3) is 0 Å². The molecule has 2 rings (SSSR count). The number of sulfonamides is 1. The van der Waals surface area contributed by atoms with Crippen molar-refractivity contribution in [3.8, 4) is 0 Å². The maximum Gasteiger partial charge on any atom is 0.243 e. The molecule has 0 aliphatic carbocycles. The molecule has 1 aliphatic rings. The zero-order valence-electron chi connectivity index (χ0n) is 16.6. The lowest BCUT2D eigenvalue weighted by Gasteiger charge is -2.22. The molecule has 2 N–H and O–H groups in total. The monoisotopic (exact) mass is 417 g/mol. The van der Waals surface area contributed by atoms with Crippen LogP contribution in [-0.4, -0.2) is 44.8 Å². The Kier molecular flexibility index (Phi) is 9.21. The highest BCUT2D eigenvalue weighted by molar-refractivity contribution is 7.89. The summed E-state index contributed by atoms with van der Waals surface area (Å²) in [6.07, 6.45) is 3.57. The van der Waals surface area contributed by atoms with E-state index >= 15 is 0 Å². The SMILES string of the molecule is Cc1ccc(S(=O)(=O)N(C)C(C)C)cc1NC(=O)CCC1CCNCC1.Cl. The first-order valence-electron chi connectivity index (χ1n) is 9.31. The van der Waals surface area contributed by atoms with E-state index in [1.165, 1.54) is 4.31 Å². The molecule has 0 radical (unpaired) electrons. The third-order valence-electron chi connectivity index (χ3n) is 5.13. The number of hydrogen-bond donors (Lipinski definition) is 2. The molecule has 8 heteroatoms. The van der Waals surface area contributed by atoms with Crippen molar-refractivity contribution in [3.63, 3.8) is 0 Å². The molecule has 0 saturated carbocycles. The number of nitrogens with zero attached hydrogens (tertiary/aromatic N) is 1. The van der Waals surface area contributed by atoms with Crippen LogP contribution in [-0.2, 0) is 14.8 Å². The second-order valence-electron chi connectivity index (χ2n) is 7.37. The molecule has 1 amide bonds. The van der Waals surface area contributed by atoms with E-state index < -0.39 is 10.0 Å². The van der Waals surface area contributed by atoms with E-state index in [1.54, 1.807) is 25.2 Å². The quantitative estimate of drug-likeness (QED) is 0.714. The topological polar surface area (TPSA) is 78.5 Å². The zero-order chi connectivity index (χ0) is 19.3. The molecule has 1 fully saturated rings. The summed E-state index contributed by atoms with van der Waals surface area (Å²) < 4.78 is 26.7. The number of aryl methyl sites for hydroxylation is 1. The third kappa shape index (κ3) is 6.45. The number of carbonyl (C=O) groups is 1. The summed E-state index contributed by atoms with van der Waals surface area (Å²) in [4.78, 5) is 12.5. The first kappa shape index (κ1) is 23.9. The van der Waals surface area contributed by atoms with E-state index in [1.807, 2.05) is 20.8 Å². The molecule has 1 saturated heterocycles. The van der Waals surface area contributed by atoms with Gasteiger partial charge in [0, 0.05) is 25.2 Å². The van der Waals surface area contributed by atoms with Crippen LogP contribution in [0.25, 0.3) is 0 Å². The van der Waals surface area contributed by atoms with Crippen molar-refractivity contribution in [2.75, 3.05) is 25.5 Å². The summed E-state index contributed by atoms with van der Waals surface area (Å²) in [6, 6.07) is 4.76. The Bertz CT molecular complexity index is 732. The highest BCUT2D eigenvalue weighted by Gasteiger charge is 2.24. The summed E-state index contributed by atoms with van der Waals surface area (Å²) in [7, 11) is -2.00. The van der Waals surface area contributed by atoms with Gasteiger partial charge in [-0.15, -0.1) is 12.4 Å². The standard InChI is InChI=1S/C19H31N3O3S.ClH/c1-14(2)22(4)26(24,25)17-7-5-15(3)18(13-17)21-19(23)8-6-16-9-11-20-12-10-16;/h5,7,13-14,16,20H,6,8-12H2,1-4H3,(H,21,23);1H. The van der Waals surface area contributed by atoms with E-state index in [2.05, 4.69) is 10.6 Å². The van der Waals surface area contributed by atoms with Gasteiger partial charge in [0.2, 0.25) is 15.9 Å². The van der Waals surface area contributed by atoms with E-state index in [0.29, 0.717) is 18.0 Å². The molecule has 0 bridgehead atoms. The molecular weight excluding hydrogens is 386 g/mol. The molecule has 1 aliphatic heterocycles. The summed E-state index contributed by atoms with van der Waals surface area (Å²) in [5.41, 5.74) is 1.42. The van der Waals surface area contributed by atoms with Gasteiger partial charge in [0.1, 0.15) is 0 Å². The van der Waals surface area contributed by atoms with Crippen LogP contribution in [0.5, 0.6) is 0 Å². The molecule has 0 spiro atoms. The van der Waals surface area contributed by atoms with Crippen LogP contribution >= 0.6 is 12.4 Å². The Morgan fingerprint density at radius 3 is 2.52 bits per heavy atom. The normalized spacial score (nSPS) is 15.6. The fourth-order valence-electron chi connectivity index (χ4n) is 3.06. The second kappa shape index (κ2) is 10.4. The summed E-state index contributed by atoms with van der Waals surface area (Å²) in [6.45, 7) is 7.57. The van der Waals surface area contributed by atoms with E-state index in [0.717, 1.165) is 37.9 Å². The molecule has 1 aromatic rings. The molecular formula is C19H32ClN3O3S. The van der Waals surface area contributed by atoms with Gasteiger partial charge >= 0.3 is 0 Å². The van der Waals surface area contributed by atoms with Crippen molar-refractivity contribution in [1.82, 2.24) is 9.62 Å². The van der Waals surface area contributed by atoms with Crippen molar-refractivity contribution in [1.29, 1.82) is 0 Å². The summed E-state index contributed by atoms with van der Waals surface area (Å²) >= 11 is 0. The predicted molar refractivity (Wildman–Crippen MR) is 112 cm³/mol. The first-order valence-corrected chi connectivity index (χ1v) is 10.7. The molecule has 6 nitrogen and oxygen atoms in total. The van der Waals surface area contributed by atoms with E-state index in [4.69, 9.17) is 0 Å². The van der Waals surface area contributed by atoms with Gasteiger partial charge in [-0.05, 0) is 76.7 Å². The lowest BCUT2D eigenvalue weighted by Crippen LogP contribution is -2.33. The van der Waals surface area contributed by atoms with Gasteiger partial charge in [-0.25, -0.2) is 8.42 Å². The molecule has 0 atom stereocenters. The van der Waals surface area contributed by atoms with Crippen LogP contribution in [0.3, 0.4) is 0 Å². The van der Waals surface area contributed by atoms with Crippen LogP contribution in [0.2, 0.25) is 0 Å². The average molecular weight is 418 g/mol. The highest BCUT2D eigenvalue weighted by atomic mass is 35.5. The maximum atomic E-state index is 12.7. The van der Waals surface area contributed by atoms with Crippen LogP contribution in [0.1, 0.15) is 45.1 Å². The number of amides is 1. The third-order valence-corrected chi connectivity index (χ3v) is 7.16. The molecule has 154 valence electrons. The average Bonchev–Trinajstić information content (AvgIpc) is 2.61. The van der Waals surface area contributed by atoms with Gasteiger partial charge in [-0.3, -0.25) is 4.79 Å². The molecule has 27 heavy (non-hydrogen) atoms. The predicted octanol–water partition coefficient (Wildman–Crippen LogP) is 3.16. The Morgan fingerprint density at radius 2 is 1.93 bits per heavy atom. The molecule has 0 unspecified atom stereocenters.